The highest BCUT2D eigenvalue weighted by Gasteiger charge is 2.44. The van der Waals surface area contributed by atoms with E-state index in [0.29, 0.717) is 5.69 Å². The van der Waals surface area contributed by atoms with Crippen LogP contribution in [0, 0.1) is 11.6 Å². The molecule has 3 aromatic carbocycles. The number of hydrogen-bond acceptors (Lipinski definition) is 4. The van der Waals surface area contributed by atoms with Crippen molar-refractivity contribution >= 4 is 40.7 Å². The number of halogens is 2. The molecule has 0 saturated carbocycles. The number of rotatable bonds is 7. The normalized spacial score (nSPS) is 15.3. The second-order valence-electron chi connectivity index (χ2n) is 7.79. The number of thiocarbonyl (C=S) groups is 1. The maximum atomic E-state index is 13.6. The minimum Gasteiger partial charge on any atom is -0.326 e. The molecule has 1 atom stereocenters. The minimum absolute atomic E-state index is 0.00295. The molecule has 0 unspecified atom stereocenters. The Morgan fingerprint density at radius 3 is 2.31 bits per heavy atom. The average Bonchev–Trinajstić information content (AvgIpc) is 3.05. The van der Waals surface area contributed by atoms with E-state index in [2.05, 4.69) is 10.7 Å². The van der Waals surface area contributed by atoms with E-state index in [1.165, 1.54) is 47.4 Å². The Labute approximate surface area is 205 Å². The van der Waals surface area contributed by atoms with Gasteiger partial charge in [-0.1, -0.05) is 36.4 Å². The van der Waals surface area contributed by atoms with Crippen LogP contribution >= 0.6 is 12.2 Å². The molecular weight excluding hydrogens is 474 g/mol. The lowest BCUT2D eigenvalue weighted by atomic mass is 10.1. The van der Waals surface area contributed by atoms with E-state index in [4.69, 9.17) is 12.2 Å². The number of amides is 3. The molecule has 1 aliphatic heterocycles. The van der Waals surface area contributed by atoms with Gasteiger partial charge in [0, 0.05) is 11.3 Å². The number of nitrogens with zero attached hydrogens (tertiary/aromatic N) is 2. The Balaban J connectivity index is 1.56. The van der Waals surface area contributed by atoms with Crippen LogP contribution < -0.4 is 10.7 Å². The summed E-state index contributed by atoms with van der Waals surface area (Å²) in [5, 5.41) is 3.75. The van der Waals surface area contributed by atoms with Crippen molar-refractivity contribution in [1.29, 1.82) is 0 Å². The molecule has 4 rings (SSSR count). The molecular formula is C25H20F2N4O3S. The smallest absolute Gasteiger partial charge is 0.269 e. The Morgan fingerprint density at radius 2 is 1.63 bits per heavy atom. The van der Waals surface area contributed by atoms with Gasteiger partial charge in [0.15, 0.2) is 5.11 Å². The zero-order chi connectivity index (χ0) is 24.9. The van der Waals surface area contributed by atoms with Crippen LogP contribution in [0.15, 0.2) is 78.9 Å². The molecule has 0 aromatic heterocycles. The fraction of sp³-hybridized carbons (Fsp3) is 0.120. The van der Waals surface area contributed by atoms with Gasteiger partial charge >= 0.3 is 0 Å². The van der Waals surface area contributed by atoms with Crippen molar-refractivity contribution in [3.63, 3.8) is 0 Å². The van der Waals surface area contributed by atoms with Gasteiger partial charge in [0.25, 0.3) is 11.8 Å². The van der Waals surface area contributed by atoms with Gasteiger partial charge in [-0.25, -0.2) is 13.8 Å². The van der Waals surface area contributed by atoms with Gasteiger partial charge in [0.05, 0.1) is 13.0 Å². The average molecular weight is 495 g/mol. The number of hydrogen-bond donors (Lipinski definition) is 2. The third-order valence-corrected chi connectivity index (χ3v) is 5.72. The standard InChI is InChI=1S/C25H20F2N4O3S/c26-18-9-11-20(12-10-18)28-22(32)14-21-24(34)30(15-16-5-2-1-3-6-16)25(35)31(21)29-23(33)17-7-4-8-19(27)13-17/h1-13,21H,14-15H2,(H,28,32)(H,29,33)/t21-/m0/s1. The van der Waals surface area contributed by atoms with Crippen LogP contribution in [0.25, 0.3) is 0 Å². The van der Waals surface area contributed by atoms with Crippen LogP contribution in [-0.4, -0.2) is 38.8 Å². The minimum atomic E-state index is -1.14. The lowest BCUT2D eigenvalue weighted by Gasteiger charge is -2.24. The van der Waals surface area contributed by atoms with Crippen LogP contribution in [0.5, 0.6) is 0 Å². The number of nitrogens with one attached hydrogen (secondary N) is 2. The maximum Gasteiger partial charge on any atom is 0.269 e. The van der Waals surface area contributed by atoms with E-state index in [-0.39, 0.29) is 23.6 Å². The summed E-state index contributed by atoms with van der Waals surface area (Å²) in [7, 11) is 0. The lowest BCUT2D eigenvalue weighted by Crippen LogP contribution is -2.49. The molecule has 10 heteroatoms. The number of anilines is 1. The van der Waals surface area contributed by atoms with Crippen LogP contribution in [0.3, 0.4) is 0 Å². The molecule has 0 radical (unpaired) electrons. The zero-order valence-corrected chi connectivity index (χ0v) is 19.1. The molecule has 0 spiro atoms. The van der Waals surface area contributed by atoms with Gasteiger partial charge in [-0.15, -0.1) is 0 Å². The molecule has 1 heterocycles. The molecule has 0 bridgehead atoms. The Morgan fingerprint density at radius 1 is 0.914 bits per heavy atom. The van der Waals surface area contributed by atoms with Crippen molar-refractivity contribution < 1.29 is 23.2 Å². The van der Waals surface area contributed by atoms with Gasteiger partial charge in [0.1, 0.15) is 17.7 Å². The van der Waals surface area contributed by atoms with E-state index in [9.17, 15) is 23.2 Å². The molecule has 1 fully saturated rings. The number of carbonyl (C=O) groups excluding carboxylic acids is 3. The van der Waals surface area contributed by atoms with Gasteiger partial charge in [-0.2, -0.15) is 0 Å². The first-order chi connectivity index (χ1) is 16.8. The monoisotopic (exact) mass is 494 g/mol. The molecule has 3 aromatic rings. The molecule has 1 aliphatic rings. The van der Waals surface area contributed by atoms with E-state index < -0.39 is 35.4 Å². The van der Waals surface area contributed by atoms with Crippen LogP contribution in [-0.2, 0) is 16.1 Å². The Bertz CT molecular complexity index is 1270. The third kappa shape index (κ3) is 5.67. The summed E-state index contributed by atoms with van der Waals surface area (Å²) < 4.78 is 26.8. The molecule has 3 amide bonds. The van der Waals surface area contributed by atoms with Crippen LogP contribution in [0.2, 0.25) is 0 Å². The first kappa shape index (κ1) is 24.0. The number of benzene rings is 3. The van der Waals surface area contributed by atoms with Crippen molar-refractivity contribution in [2.75, 3.05) is 5.32 Å². The highest BCUT2D eigenvalue weighted by Crippen LogP contribution is 2.23. The molecule has 0 aliphatic carbocycles. The fourth-order valence-electron chi connectivity index (χ4n) is 3.59. The molecule has 178 valence electrons. The predicted octanol–water partition coefficient (Wildman–Crippen LogP) is 3.64. The molecule has 2 N–H and O–H groups in total. The topological polar surface area (TPSA) is 81.8 Å². The van der Waals surface area contributed by atoms with Crippen molar-refractivity contribution in [3.05, 3.63) is 102 Å². The lowest BCUT2D eigenvalue weighted by molar-refractivity contribution is -0.131. The highest BCUT2D eigenvalue weighted by molar-refractivity contribution is 7.80. The van der Waals surface area contributed by atoms with E-state index in [1.807, 2.05) is 30.3 Å². The third-order valence-electron chi connectivity index (χ3n) is 5.30. The Hall–Kier alpha value is -4.18. The van der Waals surface area contributed by atoms with E-state index >= 15 is 0 Å². The molecule has 35 heavy (non-hydrogen) atoms. The zero-order valence-electron chi connectivity index (χ0n) is 18.3. The largest absolute Gasteiger partial charge is 0.326 e. The summed E-state index contributed by atoms with van der Waals surface area (Å²) in [6, 6.07) is 18.2. The first-order valence-corrected chi connectivity index (χ1v) is 11.0. The van der Waals surface area contributed by atoms with Gasteiger partial charge in [-0.05, 0) is 60.2 Å². The van der Waals surface area contributed by atoms with Gasteiger partial charge in [-0.3, -0.25) is 24.7 Å². The Kier molecular flexibility index (Phi) is 7.11. The van der Waals surface area contributed by atoms with Gasteiger partial charge < -0.3 is 5.32 Å². The van der Waals surface area contributed by atoms with Crippen molar-refractivity contribution in [3.8, 4) is 0 Å². The van der Waals surface area contributed by atoms with Crippen LogP contribution in [0.4, 0.5) is 14.5 Å². The van der Waals surface area contributed by atoms with Crippen molar-refractivity contribution in [2.24, 2.45) is 0 Å². The maximum absolute atomic E-state index is 13.6. The van der Waals surface area contributed by atoms with E-state index in [0.717, 1.165) is 16.6 Å². The predicted molar refractivity (Wildman–Crippen MR) is 129 cm³/mol. The van der Waals surface area contributed by atoms with Crippen molar-refractivity contribution in [1.82, 2.24) is 15.3 Å². The van der Waals surface area contributed by atoms with E-state index in [1.54, 1.807) is 0 Å². The number of hydrazine groups is 1. The molecule has 7 nitrogen and oxygen atoms in total. The summed E-state index contributed by atoms with van der Waals surface area (Å²) in [5.74, 6) is -2.76. The van der Waals surface area contributed by atoms with Crippen molar-refractivity contribution in [2.45, 2.75) is 19.0 Å². The summed E-state index contributed by atoms with van der Waals surface area (Å²) in [6.45, 7) is 0.140. The SMILES string of the molecule is O=C(C[C@H]1C(=O)N(Cc2ccccc2)C(=S)N1NC(=O)c1cccc(F)c1)Nc1ccc(F)cc1. The second kappa shape index (κ2) is 10.4. The fourth-order valence-corrected chi connectivity index (χ4v) is 3.92. The summed E-state index contributed by atoms with van der Waals surface area (Å²) in [6.07, 6.45) is -0.342. The van der Waals surface area contributed by atoms with Gasteiger partial charge in [0.2, 0.25) is 5.91 Å². The number of carbonyl (C=O) groups is 3. The quantitative estimate of drug-likeness (QED) is 0.491. The van der Waals surface area contributed by atoms with Crippen LogP contribution in [0.1, 0.15) is 22.3 Å². The summed E-state index contributed by atoms with van der Waals surface area (Å²) in [4.78, 5) is 40.1. The summed E-state index contributed by atoms with van der Waals surface area (Å²) in [5.41, 5.74) is 3.71. The second-order valence-corrected chi connectivity index (χ2v) is 8.15. The molecule has 1 saturated heterocycles. The highest BCUT2D eigenvalue weighted by atomic mass is 32.1. The first-order valence-electron chi connectivity index (χ1n) is 10.6. The summed E-state index contributed by atoms with van der Waals surface area (Å²) >= 11 is 5.48.